The van der Waals surface area contributed by atoms with E-state index in [4.69, 9.17) is 4.74 Å². The van der Waals surface area contributed by atoms with Crippen LogP contribution in [0.1, 0.15) is 12.0 Å². The average Bonchev–Trinajstić information content (AvgIpc) is 2.79. The van der Waals surface area contributed by atoms with Crippen LogP contribution in [-0.4, -0.2) is 55.2 Å². The second-order valence-electron chi connectivity index (χ2n) is 5.64. The van der Waals surface area contributed by atoms with Crippen LogP contribution in [0.2, 0.25) is 0 Å². The number of benzene rings is 1. The van der Waals surface area contributed by atoms with Crippen LogP contribution >= 0.6 is 0 Å². The third-order valence-corrected chi connectivity index (χ3v) is 4.41. The summed E-state index contributed by atoms with van der Waals surface area (Å²) in [5, 5.41) is 0. The van der Waals surface area contributed by atoms with Gasteiger partial charge in [0.05, 0.1) is 18.8 Å². The Bertz CT molecular complexity index is 395. The Kier molecular flexibility index (Phi) is 3.37. The number of hydrogen-bond acceptors (Lipinski definition) is 3. The molecular weight excluding hydrogens is 224 g/mol. The summed E-state index contributed by atoms with van der Waals surface area (Å²) in [5.41, 5.74) is 1.68. The van der Waals surface area contributed by atoms with E-state index in [9.17, 15) is 0 Å². The molecule has 3 nitrogen and oxygen atoms in total. The van der Waals surface area contributed by atoms with Crippen molar-refractivity contribution in [3.8, 4) is 0 Å². The van der Waals surface area contributed by atoms with Gasteiger partial charge in [-0.25, -0.2) is 0 Å². The van der Waals surface area contributed by atoms with E-state index >= 15 is 0 Å². The highest BCUT2D eigenvalue weighted by atomic mass is 16.5. The fourth-order valence-electron chi connectivity index (χ4n) is 3.16. The summed E-state index contributed by atoms with van der Waals surface area (Å²) in [4.78, 5) is 5.06. The quantitative estimate of drug-likeness (QED) is 0.788. The molecule has 2 fully saturated rings. The van der Waals surface area contributed by atoms with Crippen molar-refractivity contribution in [1.82, 2.24) is 9.80 Å². The van der Waals surface area contributed by atoms with Crippen molar-refractivity contribution in [1.29, 1.82) is 0 Å². The van der Waals surface area contributed by atoms with Gasteiger partial charge in [0, 0.05) is 26.2 Å². The first-order valence-electron chi connectivity index (χ1n) is 6.84. The van der Waals surface area contributed by atoms with Gasteiger partial charge in [-0.05, 0) is 19.0 Å². The predicted molar refractivity (Wildman–Crippen MR) is 72.5 cm³/mol. The van der Waals surface area contributed by atoms with E-state index in [1.807, 2.05) is 0 Å². The first kappa shape index (κ1) is 12.2. The van der Waals surface area contributed by atoms with Gasteiger partial charge in [0.2, 0.25) is 0 Å². The second-order valence-corrected chi connectivity index (χ2v) is 5.64. The molecule has 18 heavy (non-hydrogen) atoms. The molecule has 0 amide bonds. The van der Waals surface area contributed by atoms with Gasteiger partial charge in [-0.15, -0.1) is 0 Å². The third-order valence-electron chi connectivity index (χ3n) is 4.41. The highest BCUT2D eigenvalue weighted by molar-refractivity contribution is 5.15. The molecule has 0 saturated carbocycles. The molecule has 1 unspecified atom stereocenters. The van der Waals surface area contributed by atoms with Crippen molar-refractivity contribution in [2.24, 2.45) is 0 Å². The Balaban J connectivity index is 1.64. The van der Waals surface area contributed by atoms with Gasteiger partial charge in [-0.2, -0.15) is 0 Å². The lowest BCUT2D eigenvalue weighted by atomic mass is 9.96. The topological polar surface area (TPSA) is 15.7 Å². The lowest BCUT2D eigenvalue weighted by molar-refractivity contribution is -0.0505. The zero-order chi connectivity index (χ0) is 12.4. The van der Waals surface area contributed by atoms with E-state index in [0.717, 1.165) is 32.8 Å². The maximum Gasteiger partial charge on any atom is 0.0664 e. The molecule has 0 N–H and O–H groups in total. The van der Waals surface area contributed by atoms with Crippen LogP contribution in [0.4, 0.5) is 0 Å². The molecule has 2 heterocycles. The largest absolute Gasteiger partial charge is 0.378 e. The van der Waals surface area contributed by atoms with E-state index in [1.165, 1.54) is 18.5 Å². The van der Waals surface area contributed by atoms with Crippen molar-refractivity contribution in [2.45, 2.75) is 18.5 Å². The third kappa shape index (κ3) is 2.30. The zero-order valence-electron chi connectivity index (χ0n) is 11.1. The first-order chi connectivity index (χ1) is 8.78. The monoisotopic (exact) mass is 246 g/mol. The predicted octanol–water partition coefficient (Wildman–Crippen LogP) is 1.59. The molecule has 1 spiro atoms. The van der Waals surface area contributed by atoms with Crippen LogP contribution in [0.5, 0.6) is 0 Å². The Morgan fingerprint density at radius 1 is 1.22 bits per heavy atom. The molecular formula is C15H22N2O. The first-order valence-corrected chi connectivity index (χ1v) is 6.84. The molecule has 1 atom stereocenters. The maximum atomic E-state index is 5.71. The summed E-state index contributed by atoms with van der Waals surface area (Å²) in [6.07, 6.45) is 1.23. The summed E-state index contributed by atoms with van der Waals surface area (Å²) in [7, 11) is 2.24. The van der Waals surface area contributed by atoms with Gasteiger partial charge in [-0.1, -0.05) is 30.3 Å². The van der Waals surface area contributed by atoms with E-state index < -0.39 is 0 Å². The summed E-state index contributed by atoms with van der Waals surface area (Å²) >= 11 is 0. The Hall–Kier alpha value is -0.900. The molecule has 0 aliphatic carbocycles. The number of ether oxygens (including phenoxy) is 1. The number of nitrogens with zero attached hydrogens (tertiary/aromatic N) is 2. The Morgan fingerprint density at radius 3 is 2.83 bits per heavy atom. The fourth-order valence-corrected chi connectivity index (χ4v) is 3.16. The van der Waals surface area contributed by atoms with Crippen LogP contribution in [0, 0.1) is 0 Å². The average molecular weight is 246 g/mol. The normalized spacial score (nSPS) is 30.1. The summed E-state index contributed by atoms with van der Waals surface area (Å²) in [6.45, 7) is 6.24. The lowest BCUT2D eigenvalue weighted by Crippen LogP contribution is -2.56. The van der Waals surface area contributed by atoms with E-state index in [2.05, 4.69) is 47.2 Å². The minimum Gasteiger partial charge on any atom is -0.378 e. The molecule has 98 valence electrons. The van der Waals surface area contributed by atoms with Crippen LogP contribution in [0.15, 0.2) is 30.3 Å². The number of rotatable bonds is 2. The van der Waals surface area contributed by atoms with Gasteiger partial charge >= 0.3 is 0 Å². The summed E-state index contributed by atoms with van der Waals surface area (Å²) in [6, 6.07) is 10.8. The summed E-state index contributed by atoms with van der Waals surface area (Å²) < 4.78 is 5.71. The van der Waals surface area contributed by atoms with E-state index in [0.29, 0.717) is 0 Å². The molecule has 3 rings (SSSR count). The molecule has 3 heteroatoms. The van der Waals surface area contributed by atoms with Crippen molar-refractivity contribution >= 4 is 0 Å². The van der Waals surface area contributed by atoms with Crippen molar-refractivity contribution in [3.05, 3.63) is 35.9 Å². The van der Waals surface area contributed by atoms with Crippen molar-refractivity contribution < 1.29 is 4.74 Å². The number of morpholine rings is 1. The zero-order valence-corrected chi connectivity index (χ0v) is 11.1. The Morgan fingerprint density at radius 2 is 2.06 bits per heavy atom. The van der Waals surface area contributed by atoms with Gasteiger partial charge in [0.1, 0.15) is 0 Å². The highest BCUT2D eigenvalue weighted by Crippen LogP contribution is 2.30. The van der Waals surface area contributed by atoms with Crippen LogP contribution in [-0.2, 0) is 11.3 Å². The molecule has 1 aromatic rings. The minimum absolute atomic E-state index is 0.271. The van der Waals surface area contributed by atoms with E-state index in [-0.39, 0.29) is 5.54 Å². The van der Waals surface area contributed by atoms with E-state index in [1.54, 1.807) is 0 Å². The smallest absolute Gasteiger partial charge is 0.0664 e. The van der Waals surface area contributed by atoms with Crippen LogP contribution < -0.4 is 0 Å². The standard InChI is InChI=1S/C15H22N2O/c1-16-9-10-18-13-15(16)7-8-17(12-15)11-14-5-3-2-4-6-14/h2-6H,7-13H2,1H3. The van der Waals surface area contributed by atoms with Gasteiger partial charge in [0.15, 0.2) is 0 Å². The van der Waals surface area contributed by atoms with Crippen molar-refractivity contribution in [2.75, 3.05) is 39.9 Å². The highest BCUT2D eigenvalue weighted by Gasteiger charge is 2.43. The minimum atomic E-state index is 0.271. The van der Waals surface area contributed by atoms with Gasteiger partial charge < -0.3 is 4.74 Å². The molecule has 2 aliphatic rings. The fraction of sp³-hybridized carbons (Fsp3) is 0.600. The number of likely N-dealkylation sites (tertiary alicyclic amines) is 1. The van der Waals surface area contributed by atoms with Gasteiger partial charge in [-0.3, -0.25) is 9.80 Å². The SMILES string of the molecule is CN1CCOCC12CCN(Cc1ccccc1)C2. The molecule has 2 saturated heterocycles. The second kappa shape index (κ2) is 5.00. The van der Waals surface area contributed by atoms with Gasteiger partial charge in [0.25, 0.3) is 0 Å². The molecule has 0 aromatic heterocycles. The maximum absolute atomic E-state index is 5.71. The van der Waals surface area contributed by atoms with Crippen LogP contribution in [0.25, 0.3) is 0 Å². The number of likely N-dealkylation sites (N-methyl/N-ethyl adjacent to an activating group) is 1. The molecule has 0 radical (unpaired) electrons. The molecule has 1 aromatic carbocycles. The molecule has 2 aliphatic heterocycles. The number of hydrogen-bond donors (Lipinski definition) is 0. The van der Waals surface area contributed by atoms with Crippen LogP contribution in [0.3, 0.4) is 0 Å². The summed E-state index contributed by atoms with van der Waals surface area (Å²) in [5.74, 6) is 0. The van der Waals surface area contributed by atoms with Crippen molar-refractivity contribution in [3.63, 3.8) is 0 Å². The molecule has 0 bridgehead atoms. The lowest BCUT2D eigenvalue weighted by Gasteiger charge is -2.42. The Labute approximate surface area is 109 Å².